The van der Waals surface area contributed by atoms with E-state index in [1.54, 1.807) is 18.2 Å². The molecule has 1 aliphatic heterocycles. The highest BCUT2D eigenvalue weighted by atomic mass is 35.5. The monoisotopic (exact) mass is 512 g/mol. The van der Waals surface area contributed by atoms with Crippen molar-refractivity contribution >= 4 is 40.9 Å². The molecule has 1 aliphatic rings. The molecular formula is C24H18Cl2F4N2O2. The molecule has 0 radical (unpaired) electrons. The van der Waals surface area contributed by atoms with Crippen molar-refractivity contribution in [3.8, 4) is 11.3 Å². The lowest BCUT2D eigenvalue weighted by atomic mass is 10.1. The van der Waals surface area contributed by atoms with E-state index < -0.39 is 34.0 Å². The molecule has 3 aromatic rings. The fraction of sp³-hybridized carbons (Fsp3) is 0.208. The van der Waals surface area contributed by atoms with Crippen LogP contribution in [0.25, 0.3) is 17.4 Å². The van der Waals surface area contributed by atoms with E-state index in [9.17, 15) is 22.4 Å². The van der Waals surface area contributed by atoms with Gasteiger partial charge in [0.1, 0.15) is 22.2 Å². The summed E-state index contributed by atoms with van der Waals surface area (Å²) in [5, 5.41) is -0.617. The molecule has 4 rings (SSSR count). The number of hydrogen-bond acceptors (Lipinski definition) is 3. The Morgan fingerprint density at radius 2 is 1.59 bits per heavy atom. The average Bonchev–Trinajstić information content (AvgIpc) is 3.31. The molecule has 0 bridgehead atoms. The minimum Gasteiger partial charge on any atom is -0.457 e. The maximum atomic E-state index is 14.2. The number of anilines is 1. The molecule has 2 aromatic carbocycles. The number of rotatable bonds is 4. The van der Waals surface area contributed by atoms with Crippen molar-refractivity contribution in [1.82, 2.24) is 4.90 Å². The predicted molar refractivity (Wildman–Crippen MR) is 123 cm³/mol. The second-order valence-electron chi connectivity index (χ2n) is 7.73. The van der Waals surface area contributed by atoms with Gasteiger partial charge >= 0.3 is 0 Å². The molecule has 0 saturated carbocycles. The van der Waals surface area contributed by atoms with Crippen LogP contribution < -0.4 is 4.90 Å². The number of furan rings is 1. The number of carbonyl (C=O) groups is 1. The van der Waals surface area contributed by atoms with Gasteiger partial charge in [-0.2, -0.15) is 0 Å². The van der Waals surface area contributed by atoms with Gasteiger partial charge in [-0.15, -0.1) is 0 Å². The molecule has 1 fully saturated rings. The zero-order valence-electron chi connectivity index (χ0n) is 17.8. The molecule has 2 heterocycles. The highest BCUT2D eigenvalue weighted by Gasteiger charge is 2.30. The van der Waals surface area contributed by atoms with E-state index in [1.807, 2.05) is 19.1 Å². The Morgan fingerprint density at radius 3 is 2.21 bits per heavy atom. The highest BCUT2D eigenvalue weighted by molar-refractivity contribution is 6.31. The lowest BCUT2D eigenvalue weighted by Crippen LogP contribution is -2.49. The maximum Gasteiger partial charge on any atom is 0.246 e. The number of carbonyl (C=O) groups excluding carboxylic acids is 1. The standard InChI is InChI=1S/C24H18Cl2F4N2O2/c1-13-2-3-14(12-16(13)25)17-6-4-15(34-17)5-7-18(33)31-8-10-32(11-9-31)24-22(29)20(27)19(26)21(28)23(24)30/h2-7,12H,8-11H2,1H3/b7-5+. The summed E-state index contributed by atoms with van der Waals surface area (Å²) in [4.78, 5) is 15.1. The smallest absolute Gasteiger partial charge is 0.246 e. The molecular weight excluding hydrogens is 495 g/mol. The zero-order chi connectivity index (χ0) is 24.6. The van der Waals surface area contributed by atoms with Gasteiger partial charge in [0.15, 0.2) is 23.3 Å². The van der Waals surface area contributed by atoms with Crippen molar-refractivity contribution in [2.75, 3.05) is 31.1 Å². The van der Waals surface area contributed by atoms with Crippen LogP contribution in [0.1, 0.15) is 11.3 Å². The molecule has 0 atom stereocenters. The van der Waals surface area contributed by atoms with Gasteiger partial charge in [-0.1, -0.05) is 35.3 Å². The van der Waals surface area contributed by atoms with Crippen LogP contribution in [-0.2, 0) is 4.79 Å². The highest BCUT2D eigenvalue weighted by Crippen LogP contribution is 2.34. The maximum absolute atomic E-state index is 14.2. The second-order valence-corrected chi connectivity index (χ2v) is 8.52. The molecule has 1 amide bonds. The quantitative estimate of drug-likeness (QED) is 0.174. The number of benzene rings is 2. The minimum absolute atomic E-state index is 0.0208. The molecule has 0 N–H and O–H groups in total. The average molecular weight is 513 g/mol. The van der Waals surface area contributed by atoms with Crippen LogP contribution in [0, 0.1) is 30.2 Å². The number of nitrogens with zero attached hydrogens (tertiary/aromatic N) is 2. The Balaban J connectivity index is 1.40. The first-order valence-corrected chi connectivity index (χ1v) is 11.0. The van der Waals surface area contributed by atoms with E-state index in [2.05, 4.69) is 0 Å². The lowest BCUT2D eigenvalue weighted by molar-refractivity contribution is -0.126. The number of hydrogen-bond donors (Lipinski definition) is 0. The number of halogens is 6. The third-order valence-electron chi connectivity index (χ3n) is 5.57. The van der Waals surface area contributed by atoms with Gasteiger partial charge in [0.2, 0.25) is 5.91 Å². The van der Waals surface area contributed by atoms with Crippen molar-refractivity contribution < 1.29 is 26.8 Å². The Hall–Kier alpha value is -2.97. The van der Waals surface area contributed by atoms with Gasteiger partial charge in [-0.25, -0.2) is 17.6 Å². The van der Waals surface area contributed by atoms with Crippen molar-refractivity contribution in [2.45, 2.75) is 6.92 Å². The van der Waals surface area contributed by atoms with Crippen molar-refractivity contribution in [1.29, 1.82) is 0 Å². The summed E-state index contributed by atoms with van der Waals surface area (Å²) in [5.74, 6) is -5.72. The topological polar surface area (TPSA) is 36.7 Å². The Labute approximate surface area is 203 Å². The fourth-order valence-electron chi connectivity index (χ4n) is 3.62. The third-order valence-corrected chi connectivity index (χ3v) is 6.31. The summed E-state index contributed by atoms with van der Waals surface area (Å²) < 4.78 is 61.7. The van der Waals surface area contributed by atoms with Crippen molar-refractivity contribution in [3.05, 3.63) is 81.0 Å². The van der Waals surface area contributed by atoms with Crippen LogP contribution in [0.5, 0.6) is 0 Å². The van der Waals surface area contributed by atoms with Crippen LogP contribution in [-0.4, -0.2) is 37.0 Å². The first-order valence-electron chi connectivity index (χ1n) is 10.3. The number of amides is 1. The molecule has 1 saturated heterocycles. The van der Waals surface area contributed by atoms with E-state index >= 15 is 0 Å². The molecule has 178 valence electrons. The fourth-order valence-corrected chi connectivity index (χ4v) is 3.97. The van der Waals surface area contributed by atoms with E-state index in [0.717, 1.165) is 16.0 Å². The third kappa shape index (κ3) is 4.65. The molecule has 0 aliphatic carbocycles. The molecule has 0 spiro atoms. The Bertz CT molecular complexity index is 1260. The van der Waals surface area contributed by atoms with Gasteiger partial charge in [0, 0.05) is 42.8 Å². The minimum atomic E-state index is -1.65. The summed E-state index contributed by atoms with van der Waals surface area (Å²) in [5.41, 5.74) is 0.910. The first kappa shape index (κ1) is 24.2. The lowest BCUT2D eigenvalue weighted by Gasteiger charge is -2.36. The van der Waals surface area contributed by atoms with Gasteiger partial charge in [-0.05, 0) is 36.8 Å². The van der Waals surface area contributed by atoms with Gasteiger partial charge in [0.25, 0.3) is 0 Å². The Kier molecular flexibility index (Phi) is 6.91. The van der Waals surface area contributed by atoms with E-state index in [4.69, 9.17) is 27.6 Å². The molecule has 10 heteroatoms. The summed E-state index contributed by atoms with van der Waals surface area (Å²) >= 11 is 11.4. The molecule has 0 unspecified atom stereocenters. The second kappa shape index (κ2) is 9.72. The largest absolute Gasteiger partial charge is 0.457 e. The van der Waals surface area contributed by atoms with Crippen LogP contribution in [0.4, 0.5) is 23.2 Å². The van der Waals surface area contributed by atoms with Crippen LogP contribution in [0.15, 0.2) is 40.8 Å². The zero-order valence-corrected chi connectivity index (χ0v) is 19.4. The van der Waals surface area contributed by atoms with Gasteiger partial charge in [0.05, 0.1) is 0 Å². The normalized spacial score (nSPS) is 14.3. The van der Waals surface area contributed by atoms with Gasteiger partial charge < -0.3 is 14.2 Å². The van der Waals surface area contributed by atoms with Crippen LogP contribution in [0.2, 0.25) is 10.0 Å². The summed E-state index contributed by atoms with van der Waals surface area (Å²) in [7, 11) is 0. The van der Waals surface area contributed by atoms with Crippen molar-refractivity contribution in [3.63, 3.8) is 0 Å². The summed E-state index contributed by atoms with van der Waals surface area (Å²) in [6, 6.07) is 9.01. The summed E-state index contributed by atoms with van der Waals surface area (Å²) in [6.45, 7) is 2.05. The predicted octanol–water partition coefficient (Wildman–Crippen LogP) is 6.48. The molecule has 1 aromatic heterocycles. The molecule has 4 nitrogen and oxygen atoms in total. The molecule has 34 heavy (non-hydrogen) atoms. The van der Waals surface area contributed by atoms with E-state index in [-0.39, 0.29) is 32.1 Å². The number of aryl methyl sites for hydroxylation is 1. The number of piperazine rings is 1. The Morgan fingerprint density at radius 1 is 0.941 bits per heavy atom. The van der Waals surface area contributed by atoms with E-state index in [0.29, 0.717) is 16.5 Å². The SMILES string of the molecule is Cc1ccc(-c2ccc(/C=C/C(=O)N3CCN(c4c(F)c(F)c(Cl)c(F)c4F)CC3)o2)cc1Cl. The van der Waals surface area contributed by atoms with Gasteiger partial charge in [-0.3, -0.25) is 4.79 Å². The van der Waals surface area contributed by atoms with E-state index in [1.165, 1.54) is 17.1 Å². The first-order chi connectivity index (χ1) is 16.2. The summed E-state index contributed by atoms with van der Waals surface area (Å²) in [6.07, 6.45) is 2.83. The van der Waals surface area contributed by atoms with Crippen LogP contribution >= 0.6 is 23.2 Å². The van der Waals surface area contributed by atoms with Crippen molar-refractivity contribution in [2.24, 2.45) is 0 Å². The van der Waals surface area contributed by atoms with Crippen LogP contribution in [0.3, 0.4) is 0 Å².